The molecule has 2 atom stereocenters. The summed E-state index contributed by atoms with van der Waals surface area (Å²) in [6.45, 7) is 4.46. The van der Waals surface area contributed by atoms with Gasteiger partial charge in [-0.1, -0.05) is 237 Å². The van der Waals surface area contributed by atoms with E-state index in [4.69, 9.17) is 18.5 Å². The summed E-state index contributed by atoms with van der Waals surface area (Å²) in [7, 11) is 1.49. The lowest BCUT2D eigenvalue weighted by atomic mass is 10.0. The number of rotatable bonds is 52. The fourth-order valence-electron chi connectivity index (χ4n) is 8.11. The maximum absolute atomic E-state index is 12.8. The first-order valence-electron chi connectivity index (χ1n) is 28.1. The maximum Gasteiger partial charge on any atom is 0.472 e. The van der Waals surface area contributed by atoms with Crippen LogP contribution in [0.5, 0.6) is 0 Å². The minimum atomic E-state index is -4.38. The molecule has 0 heterocycles. The predicted octanol–water partition coefficient (Wildman–Crippen LogP) is 17.0. The van der Waals surface area contributed by atoms with Crippen LogP contribution in [0.4, 0.5) is 0 Å². The van der Waals surface area contributed by atoms with Crippen molar-refractivity contribution >= 4 is 19.8 Å². The Morgan fingerprint density at radius 1 is 0.470 bits per heavy atom. The van der Waals surface area contributed by atoms with Crippen molar-refractivity contribution in [2.24, 2.45) is 0 Å². The Kier molecular flexibility index (Phi) is 47.4. The number of likely N-dealkylation sites (N-methyl/N-ethyl adjacent to an activating group) is 1. The highest BCUT2D eigenvalue weighted by Gasteiger charge is 2.27. The normalized spacial score (nSPS) is 13.5. The number of phosphoric acid groups is 1. The molecule has 0 aliphatic heterocycles. The lowest BCUT2D eigenvalue weighted by Gasteiger charge is -2.24. The summed E-state index contributed by atoms with van der Waals surface area (Å²) >= 11 is 0. The molecule has 0 aromatic rings. The lowest BCUT2D eigenvalue weighted by molar-refractivity contribution is -0.870. The quantitative estimate of drug-likeness (QED) is 0.0211. The highest BCUT2D eigenvalue weighted by molar-refractivity contribution is 7.47. The molecule has 0 radical (unpaired) electrons. The van der Waals surface area contributed by atoms with Crippen molar-refractivity contribution in [1.29, 1.82) is 0 Å². The van der Waals surface area contributed by atoms with Gasteiger partial charge in [0.25, 0.3) is 0 Å². The van der Waals surface area contributed by atoms with Gasteiger partial charge in [0.1, 0.15) is 19.8 Å². The zero-order valence-electron chi connectivity index (χ0n) is 44.2. The number of ether oxygens (including phenoxy) is 2. The van der Waals surface area contributed by atoms with E-state index in [-0.39, 0.29) is 25.6 Å². The number of hydrogen-bond acceptors (Lipinski definition) is 7. The van der Waals surface area contributed by atoms with Crippen LogP contribution in [0.15, 0.2) is 24.3 Å². The van der Waals surface area contributed by atoms with Gasteiger partial charge in [0, 0.05) is 12.8 Å². The molecule has 1 N–H and O–H groups in total. The standard InChI is InChI=1S/C56H108NO8P/c1-6-8-10-12-14-16-18-20-21-22-23-24-25-26-27-28-29-30-31-32-33-34-35-37-39-41-43-45-47-49-56(59)65-54(53-64-66(60,61)63-51-50-57(3,4)5)52-62-55(58)48-46-44-42-40-38-36-19-17-15-13-11-9-7-2/h18,20,22-23,54H,6-17,19,21,24-53H2,1-5H3/p+1/b20-18-,23-22-. The van der Waals surface area contributed by atoms with Crippen LogP contribution in [-0.4, -0.2) is 74.9 Å². The van der Waals surface area contributed by atoms with Crippen molar-refractivity contribution < 1.29 is 42.1 Å². The molecular weight excluding hydrogens is 846 g/mol. The predicted molar refractivity (Wildman–Crippen MR) is 280 cm³/mol. The Labute approximate surface area is 409 Å². The third-order valence-electron chi connectivity index (χ3n) is 12.5. The van der Waals surface area contributed by atoms with Gasteiger partial charge in [-0.2, -0.15) is 0 Å². The molecule has 0 spiro atoms. The van der Waals surface area contributed by atoms with Crippen molar-refractivity contribution in [3.05, 3.63) is 24.3 Å². The van der Waals surface area contributed by atoms with Gasteiger partial charge in [-0.25, -0.2) is 4.57 Å². The molecule has 2 unspecified atom stereocenters. The molecule has 0 saturated heterocycles. The van der Waals surface area contributed by atoms with Gasteiger partial charge in [0.15, 0.2) is 6.10 Å². The number of phosphoric ester groups is 1. The van der Waals surface area contributed by atoms with Crippen molar-refractivity contribution in [2.75, 3.05) is 47.5 Å². The fourth-order valence-corrected chi connectivity index (χ4v) is 8.85. The first kappa shape index (κ1) is 64.5. The number of carbonyl (C=O) groups excluding carboxylic acids is 2. The molecule has 0 amide bonds. The van der Waals surface area contributed by atoms with Crippen LogP contribution in [0.2, 0.25) is 0 Å². The lowest BCUT2D eigenvalue weighted by Crippen LogP contribution is -2.37. The average molecular weight is 955 g/mol. The molecule has 0 bridgehead atoms. The molecule has 0 aliphatic rings. The second kappa shape index (κ2) is 48.5. The second-order valence-electron chi connectivity index (χ2n) is 20.3. The van der Waals surface area contributed by atoms with Crippen LogP contribution in [0.3, 0.4) is 0 Å². The third-order valence-corrected chi connectivity index (χ3v) is 13.5. The Hall–Kier alpha value is -1.51. The van der Waals surface area contributed by atoms with E-state index in [1.54, 1.807) is 0 Å². The van der Waals surface area contributed by atoms with Gasteiger partial charge >= 0.3 is 19.8 Å². The van der Waals surface area contributed by atoms with E-state index in [1.165, 1.54) is 199 Å². The molecule has 0 aliphatic carbocycles. The second-order valence-corrected chi connectivity index (χ2v) is 21.8. The number of carbonyl (C=O) groups is 2. The zero-order chi connectivity index (χ0) is 48.5. The SMILES string of the molecule is CCCCCCC/C=C\C/C=C\CCCCCCCCCCCCCCCCCCCC(=O)OC(COC(=O)CCCCCCCCCCCCCCC)COP(=O)(O)OCC[N+](C)(C)C. The summed E-state index contributed by atoms with van der Waals surface area (Å²) in [5, 5.41) is 0. The molecule has 9 nitrogen and oxygen atoms in total. The van der Waals surface area contributed by atoms with E-state index < -0.39 is 26.5 Å². The monoisotopic (exact) mass is 955 g/mol. The van der Waals surface area contributed by atoms with E-state index in [1.807, 2.05) is 21.1 Å². The van der Waals surface area contributed by atoms with Gasteiger partial charge in [-0.15, -0.1) is 0 Å². The van der Waals surface area contributed by atoms with E-state index in [0.717, 1.165) is 38.5 Å². The first-order chi connectivity index (χ1) is 32.0. The van der Waals surface area contributed by atoms with Crippen LogP contribution in [-0.2, 0) is 32.7 Å². The molecule has 390 valence electrons. The van der Waals surface area contributed by atoms with Gasteiger partial charge in [-0.3, -0.25) is 18.6 Å². The van der Waals surface area contributed by atoms with E-state index in [9.17, 15) is 19.0 Å². The Morgan fingerprint density at radius 2 is 0.818 bits per heavy atom. The number of hydrogen-bond donors (Lipinski definition) is 1. The number of quaternary nitrogens is 1. The number of allylic oxidation sites excluding steroid dienone is 4. The maximum atomic E-state index is 12.8. The minimum absolute atomic E-state index is 0.0350. The molecule has 0 aromatic heterocycles. The molecule has 66 heavy (non-hydrogen) atoms. The van der Waals surface area contributed by atoms with Crippen molar-refractivity contribution in [1.82, 2.24) is 0 Å². The Morgan fingerprint density at radius 3 is 1.20 bits per heavy atom. The highest BCUT2D eigenvalue weighted by Crippen LogP contribution is 2.43. The summed E-state index contributed by atoms with van der Waals surface area (Å²) in [6.07, 6.45) is 56.8. The Balaban J connectivity index is 4.05. The molecule has 0 rings (SSSR count). The molecule has 0 saturated carbocycles. The molecule has 10 heteroatoms. The summed E-state index contributed by atoms with van der Waals surface area (Å²) < 4.78 is 34.5. The van der Waals surface area contributed by atoms with Gasteiger partial charge in [0.2, 0.25) is 0 Å². The highest BCUT2D eigenvalue weighted by atomic mass is 31.2. The van der Waals surface area contributed by atoms with Gasteiger partial charge < -0.3 is 18.9 Å². The van der Waals surface area contributed by atoms with E-state index in [2.05, 4.69) is 38.2 Å². The van der Waals surface area contributed by atoms with Crippen molar-refractivity contribution in [2.45, 2.75) is 277 Å². The molecule has 0 fully saturated rings. The summed E-state index contributed by atoms with van der Waals surface area (Å²) in [6, 6.07) is 0. The van der Waals surface area contributed by atoms with Crippen molar-refractivity contribution in [3.63, 3.8) is 0 Å². The van der Waals surface area contributed by atoms with Crippen LogP contribution in [0.25, 0.3) is 0 Å². The fraction of sp³-hybridized carbons (Fsp3) is 0.893. The topological polar surface area (TPSA) is 108 Å². The third kappa shape index (κ3) is 51.9. The van der Waals surface area contributed by atoms with Crippen LogP contribution in [0, 0.1) is 0 Å². The van der Waals surface area contributed by atoms with Crippen LogP contribution < -0.4 is 0 Å². The van der Waals surface area contributed by atoms with Gasteiger partial charge in [0.05, 0.1) is 27.7 Å². The molecule has 0 aromatic carbocycles. The molecular formula is C56H109NO8P+. The van der Waals surface area contributed by atoms with Crippen LogP contribution in [0.1, 0.15) is 271 Å². The average Bonchev–Trinajstić information content (AvgIpc) is 3.27. The largest absolute Gasteiger partial charge is 0.472 e. The minimum Gasteiger partial charge on any atom is -0.462 e. The van der Waals surface area contributed by atoms with Crippen LogP contribution >= 0.6 is 7.82 Å². The number of esters is 2. The summed E-state index contributed by atoms with van der Waals surface area (Å²) in [5.41, 5.74) is 0. The zero-order valence-corrected chi connectivity index (χ0v) is 45.1. The van der Waals surface area contributed by atoms with E-state index >= 15 is 0 Å². The number of nitrogens with zero attached hydrogens (tertiary/aromatic N) is 1. The first-order valence-corrected chi connectivity index (χ1v) is 29.6. The summed E-state index contributed by atoms with van der Waals surface area (Å²) in [4.78, 5) is 35.6. The summed E-state index contributed by atoms with van der Waals surface area (Å²) in [5.74, 6) is -0.783. The Bertz CT molecular complexity index is 1170. The van der Waals surface area contributed by atoms with E-state index in [0.29, 0.717) is 23.9 Å². The smallest absolute Gasteiger partial charge is 0.462 e. The van der Waals surface area contributed by atoms with Gasteiger partial charge in [-0.05, 0) is 44.9 Å². The number of unbranched alkanes of at least 4 members (excludes halogenated alkanes) is 34. The van der Waals surface area contributed by atoms with Crippen molar-refractivity contribution in [3.8, 4) is 0 Å².